The van der Waals surface area contributed by atoms with Crippen LogP contribution in [0.3, 0.4) is 0 Å². The van der Waals surface area contributed by atoms with Crippen molar-refractivity contribution < 1.29 is 14.3 Å². The van der Waals surface area contributed by atoms with E-state index in [1.54, 1.807) is 23.9 Å². The first-order chi connectivity index (χ1) is 7.65. The second-order valence-corrected chi connectivity index (χ2v) is 3.31. The van der Waals surface area contributed by atoms with Gasteiger partial charge in [0.2, 0.25) is 0 Å². The number of Topliss-reactive ketones (excluding diaryl/α,β-unsaturated/α-hetero) is 1. The van der Waals surface area contributed by atoms with Crippen LogP contribution in [-0.2, 0) is 16.6 Å². The number of hydrogen-bond donors (Lipinski definition) is 0. The van der Waals surface area contributed by atoms with Crippen LogP contribution in [-0.4, -0.2) is 28.6 Å². The fourth-order valence-corrected chi connectivity index (χ4v) is 1.57. The molecule has 1 aromatic heterocycles. The second-order valence-electron chi connectivity index (χ2n) is 3.31. The average Bonchev–Trinajstić information content (AvgIpc) is 2.65. The molecule has 82 valence electrons. The monoisotopic (exact) mass is 218 g/mol. The Labute approximate surface area is 91.6 Å². The van der Waals surface area contributed by atoms with Crippen molar-refractivity contribution in [2.45, 2.75) is 0 Å². The Hall–Kier alpha value is -2.17. The zero-order chi connectivity index (χ0) is 11.7. The summed E-state index contributed by atoms with van der Waals surface area (Å²) in [6.45, 7) is 0. The summed E-state index contributed by atoms with van der Waals surface area (Å²) in [5, 5.41) is 4.68. The maximum absolute atomic E-state index is 11.7. The molecule has 0 fully saturated rings. The number of aryl methyl sites for hydroxylation is 1. The summed E-state index contributed by atoms with van der Waals surface area (Å²) in [7, 11) is 2.89. The topological polar surface area (TPSA) is 61.2 Å². The van der Waals surface area contributed by atoms with Gasteiger partial charge < -0.3 is 4.74 Å². The number of carbonyl (C=O) groups is 2. The minimum atomic E-state index is -0.899. The summed E-state index contributed by atoms with van der Waals surface area (Å²) in [6, 6.07) is 7.21. The first kappa shape index (κ1) is 10.4. The van der Waals surface area contributed by atoms with Gasteiger partial charge in [-0.25, -0.2) is 4.79 Å². The smallest absolute Gasteiger partial charge is 0.381 e. The Morgan fingerprint density at radius 2 is 2.00 bits per heavy atom. The van der Waals surface area contributed by atoms with Crippen molar-refractivity contribution in [2.24, 2.45) is 7.05 Å². The van der Waals surface area contributed by atoms with Crippen LogP contribution in [0.4, 0.5) is 0 Å². The van der Waals surface area contributed by atoms with Crippen LogP contribution in [0.25, 0.3) is 10.9 Å². The summed E-state index contributed by atoms with van der Waals surface area (Å²) in [4.78, 5) is 22.8. The number of benzene rings is 1. The molecule has 5 nitrogen and oxygen atoms in total. The van der Waals surface area contributed by atoms with Crippen molar-refractivity contribution in [2.75, 3.05) is 7.11 Å². The molecule has 0 aliphatic carbocycles. The molecule has 0 amide bonds. The van der Waals surface area contributed by atoms with Crippen molar-refractivity contribution in [1.29, 1.82) is 0 Å². The molecule has 16 heavy (non-hydrogen) atoms. The molecule has 0 unspecified atom stereocenters. The molecule has 0 saturated carbocycles. The number of para-hydroxylation sites is 1. The van der Waals surface area contributed by atoms with Crippen molar-refractivity contribution in [3.63, 3.8) is 0 Å². The van der Waals surface area contributed by atoms with Gasteiger partial charge in [0.05, 0.1) is 12.6 Å². The summed E-state index contributed by atoms with van der Waals surface area (Å²) in [6.07, 6.45) is 0. The van der Waals surface area contributed by atoms with E-state index in [-0.39, 0.29) is 5.69 Å². The molecule has 0 aliphatic rings. The van der Waals surface area contributed by atoms with Gasteiger partial charge in [-0.15, -0.1) is 0 Å². The fourth-order valence-electron chi connectivity index (χ4n) is 1.57. The van der Waals surface area contributed by atoms with Gasteiger partial charge in [0.25, 0.3) is 5.78 Å². The molecule has 2 rings (SSSR count). The zero-order valence-electron chi connectivity index (χ0n) is 8.93. The van der Waals surface area contributed by atoms with E-state index in [0.717, 1.165) is 5.52 Å². The zero-order valence-corrected chi connectivity index (χ0v) is 8.93. The highest BCUT2D eigenvalue weighted by Gasteiger charge is 2.22. The number of fused-ring (bicyclic) bond motifs is 1. The molecule has 0 N–H and O–H groups in total. The molecule has 1 heterocycles. The van der Waals surface area contributed by atoms with Crippen LogP contribution in [0, 0.1) is 0 Å². The summed E-state index contributed by atoms with van der Waals surface area (Å²) in [5.41, 5.74) is 0.930. The van der Waals surface area contributed by atoms with E-state index in [2.05, 4.69) is 9.84 Å². The molecule has 0 spiro atoms. The van der Waals surface area contributed by atoms with Crippen LogP contribution in [0.15, 0.2) is 24.3 Å². The maximum Gasteiger partial charge on any atom is 0.381 e. The van der Waals surface area contributed by atoms with Gasteiger partial charge in [-0.2, -0.15) is 5.10 Å². The Morgan fingerprint density at radius 1 is 1.31 bits per heavy atom. The van der Waals surface area contributed by atoms with Crippen LogP contribution < -0.4 is 0 Å². The summed E-state index contributed by atoms with van der Waals surface area (Å²) >= 11 is 0. The van der Waals surface area contributed by atoms with Gasteiger partial charge in [0, 0.05) is 12.4 Å². The number of aromatic nitrogens is 2. The van der Waals surface area contributed by atoms with Crippen molar-refractivity contribution in [3.8, 4) is 0 Å². The highest BCUT2D eigenvalue weighted by molar-refractivity contribution is 6.42. The number of ketones is 1. The van der Waals surface area contributed by atoms with E-state index >= 15 is 0 Å². The van der Waals surface area contributed by atoms with Gasteiger partial charge in [0.15, 0.2) is 0 Å². The highest BCUT2D eigenvalue weighted by atomic mass is 16.5. The number of ether oxygens (including phenoxy) is 1. The number of esters is 1. The second kappa shape index (κ2) is 3.77. The third-order valence-corrected chi connectivity index (χ3v) is 2.34. The third-order valence-electron chi connectivity index (χ3n) is 2.34. The van der Waals surface area contributed by atoms with E-state index < -0.39 is 11.8 Å². The van der Waals surface area contributed by atoms with Crippen LogP contribution in [0.2, 0.25) is 0 Å². The summed E-state index contributed by atoms with van der Waals surface area (Å²) in [5.74, 6) is -1.62. The predicted octanol–water partition coefficient (Wildman–Crippen LogP) is 0.929. The molecule has 0 saturated heterocycles. The third kappa shape index (κ3) is 1.46. The van der Waals surface area contributed by atoms with Crippen molar-refractivity contribution in [3.05, 3.63) is 30.0 Å². The Balaban J connectivity index is 2.62. The molecule has 1 aromatic carbocycles. The molecule has 0 aliphatic heterocycles. The van der Waals surface area contributed by atoms with Crippen LogP contribution >= 0.6 is 0 Å². The average molecular weight is 218 g/mol. The van der Waals surface area contributed by atoms with E-state index in [0.29, 0.717) is 5.39 Å². The quantitative estimate of drug-likeness (QED) is 0.427. The molecule has 2 aromatic rings. The van der Waals surface area contributed by atoms with E-state index in [4.69, 9.17) is 0 Å². The van der Waals surface area contributed by atoms with Gasteiger partial charge in [-0.1, -0.05) is 18.2 Å². The first-order valence-corrected chi connectivity index (χ1v) is 4.69. The maximum atomic E-state index is 11.7. The molecule has 0 radical (unpaired) electrons. The number of rotatable bonds is 2. The minimum absolute atomic E-state index is 0.130. The first-order valence-electron chi connectivity index (χ1n) is 4.69. The highest BCUT2D eigenvalue weighted by Crippen LogP contribution is 2.17. The number of carbonyl (C=O) groups excluding carboxylic acids is 2. The lowest BCUT2D eigenvalue weighted by atomic mass is 10.1. The lowest BCUT2D eigenvalue weighted by molar-refractivity contribution is -0.135. The molecule has 0 bridgehead atoms. The Kier molecular flexibility index (Phi) is 2.44. The fraction of sp³-hybridized carbons (Fsp3) is 0.182. The Morgan fingerprint density at radius 3 is 2.69 bits per heavy atom. The van der Waals surface area contributed by atoms with Gasteiger partial charge in [0.1, 0.15) is 5.69 Å². The number of nitrogens with zero attached hydrogens (tertiary/aromatic N) is 2. The van der Waals surface area contributed by atoms with Gasteiger partial charge in [-0.3, -0.25) is 9.48 Å². The minimum Gasteiger partial charge on any atom is -0.463 e. The SMILES string of the molecule is COC(=O)C(=O)c1nn(C)c2ccccc12. The molecule has 0 atom stereocenters. The number of methoxy groups -OCH3 is 1. The lowest BCUT2D eigenvalue weighted by Gasteiger charge is -1.94. The summed E-state index contributed by atoms with van der Waals surface area (Å²) < 4.78 is 5.95. The van der Waals surface area contributed by atoms with Crippen molar-refractivity contribution in [1.82, 2.24) is 9.78 Å². The normalized spacial score (nSPS) is 10.4. The van der Waals surface area contributed by atoms with E-state index in [9.17, 15) is 9.59 Å². The Bertz CT molecular complexity index is 572. The molecule has 5 heteroatoms. The molecular weight excluding hydrogens is 208 g/mol. The van der Waals surface area contributed by atoms with E-state index in [1.807, 2.05) is 12.1 Å². The van der Waals surface area contributed by atoms with Crippen LogP contribution in [0.1, 0.15) is 10.5 Å². The van der Waals surface area contributed by atoms with Gasteiger partial charge >= 0.3 is 5.97 Å². The predicted molar refractivity (Wildman–Crippen MR) is 57.1 cm³/mol. The molecular formula is C11H10N2O3. The lowest BCUT2D eigenvalue weighted by Crippen LogP contribution is -2.16. The van der Waals surface area contributed by atoms with Gasteiger partial charge in [-0.05, 0) is 6.07 Å². The van der Waals surface area contributed by atoms with E-state index in [1.165, 1.54) is 7.11 Å². The largest absolute Gasteiger partial charge is 0.463 e. The standard InChI is InChI=1S/C11H10N2O3/c1-13-8-6-4-3-5-7(8)9(12-13)10(14)11(15)16-2/h3-6H,1-2H3. The number of hydrogen-bond acceptors (Lipinski definition) is 4. The van der Waals surface area contributed by atoms with Crippen LogP contribution in [0.5, 0.6) is 0 Å². The van der Waals surface area contributed by atoms with Crippen molar-refractivity contribution >= 4 is 22.7 Å².